The van der Waals surface area contributed by atoms with Gasteiger partial charge in [-0.25, -0.2) is 9.38 Å². The zero-order valence-corrected chi connectivity index (χ0v) is 10.2. The number of amidine groups is 1. The fourth-order valence-electron chi connectivity index (χ4n) is 2.52. The minimum absolute atomic E-state index is 0. The van der Waals surface area contributed by atoms with E-state index in [-0.39, 0.29) is 13.2 Å². The van der Waals surface area contributed by atoms with Crippen LogP contribution in [-0.2, 0) is 0 Å². The Morgan fingerprint density at radius 3 is 2.74 bits per heavy atom. The molecule has 0 spiro atoms. The van der Waals surface area contributed by atoms with Crippen molar-refractivity contribution in [2.75, 3.05) is 19.6 Å². The Labute approximate surface area is 113 Å². The molecule has 0 atom stereocenters. The van der Waals surface area contributed by atoms with Gasteiger partial charge in [-0.2, -0.15) is 0 Å². The third-order valence-electron chi connectivity index (χ3n) is 3.53. The Morgan fingerprint density at radius 2 is 2.00 bits per heavy atom. The summed E-state index contributed by atoms with van der Waals surface area (Å²) in [6.07, 6.45) is 2.26. The van der Waals surface area contributed by atoms with Crippen LogP contribution in [0.3, 0.4) is 0 Å². The minimum Gasteiger partial charge on any atom is -0.317 e. The van der Waals surface area contributed by atoms with E-state index in [1.165, 1.54) is 12.1 Å². The van der Waals surface area contributed by atoms with Crippen LogP contribution < -0.4 is 5.32 Å². The first kappa shape index (κ1) is 13.9. The number of hydrogen-bond donors (Lipinski definition) is 1. The van der Waals surface area contributed by atoms with Crippen LogP contribution in [-0.4, -0.2) is 31.2 Å². The third-order valence-corrected chi connectivity index (χ3v) is 3.53. The molecule has 1 saturated heterocycles. The molecule has 2 aliphatic heterocycles. The number of rotatable bonds is 2. The molecule has 3 rings (SSSR count). The van der Waals surface area contributed by atoms with Gasteiger partial charge >= 0.3 is 0 Å². The Bertz CT molecular complexity index is 502. The van der Waals surface area contributed by atoms with E-state index in [2.05, 4.69) is 15.3 Å². The fraction of sp³-hybridized carbons (Fsp3) is 0.467. The first-order valence-corrected chi connectivity index (χ1v) is 6.41. The van der Waals surface area contributed by atoms with Crippen LogP contribution in [0.25, 0.3) is 0 Å². The molecule has 1 aromatic rings. The maximum atomic E-state index is 13.2. The second-order valence-corrected chi connectivity index (χ2v) is 4.78. The van der Waals surface area contributed by atoms with Gasteiger partial charge in [0, 0.05) is 17.2 Å². The normalized spacial score (nSPS) is 19.6. The highest BCUT2D eigenvalue weighted by Gasteiger charge is 2.22. The Balaban J connectivity index is 0.00000133. The van der Waals surface area contributed by atoms with E-state index in [4.69, 9.17) is 0 Å². The van der Waals surface area contributed by atoms with E-state index in [1.54, 1.807) is 6.07 Å². The molecule has 0 bridgehead atoms. The SMILES string of the molecule is C.Fc1cccc(C2=NCC(C3CCNCC3)=N2)c1. The average molecular weight is 261 g/mol. The van der Waals surface area contributed by atoms with Gasteiger partial charge in [-0.3, -0.25) is 4.99 Å². The van der Waals surface area contributed by atoms with Gasteiger partial charge in [0.15, 0.2) is 5.84 Å². The fourth-order valence-corrected chi connectivity index (χ4v) is 2.52. The lowest BCUT2D eigenvalue weighted by atomic mass is 9.93. The summed E-state index contributed by atoms with van der Waals surface area (Å²) in [6, 6.07) is 6.49. The van der Waals surface area contributed by atoms with Crippen molar-refractivity contribution in [3.63, 3.8) is 0 Å². The molecule has 1 fully saturated rings. The molecule has 3 nitrogen and oxygen atoms in total. The number of hydrogen-bond acceptors (Lipinski definition) is 3. The second-order valence-electron chi connectivity index (χ2n) is 4.78. The molecule has 2 aliphatic rings. The van der Waals surface area contributed by atoms with Crippen molar-refractivity contribution in [1.29, 1.82) is 0 Å². The molecular weight excluding hydrogens is 241 g/mol. The van der Waals surface area contributed by atoms with Crippen LogP contribution in [0.4, 0.5) is 4.39 Å². The van der Waals surface area contributed by atoms with Crippen molar-refractivity contribution in [3.8, 4) is 0 Å². The maximum Gasteiger partial charge on any atom is 0.155 e. The summed E-state index contributed by atoms with van der Waals surface area (Å²) in [4.78, 5) is 9.02. The summed E-state index contributed by atoms with van der Waals surface area (Å²) in [6.45, 7) is 2.79. The van der Waals surface area contributed by atoms with Gasteiger partial charge in [0.2, 0.25) is 0 Å². The van der Waals surface area contributed by atoms with Crippen LogP contribution in [0.1, 0.15) is 25.8 Å². The molecule has 102 valence electrons. The lowest BCUT2D eigenvalue weighted by Crippen LogP contribution is -2.32. The molecule has 1 aromatic carbocycles. The lowest BCUT2D eigenvalue weighted by molar-refractivity contribution is 0.455. The third kappa shape index (κ3) is 3.07. The first-order chi connectivity index (χ1) is 8.83. The van der Waals surface area contributed by atoms with Crippen molar-refractivity contribution in [2.24, 2.45) is 15.9 Å². The van der Waals surface area contributed by atoms with E-state index < -0.39 is 0 Å². The molecule has 1 N–H and O–H groups in total. The Hall–Kier alpha value is -1.55. The van der Waals surface area contributed by atoms with Crippen molar-refractivity contribution in [3.05, 3.63) is 35.6 Å². The quantitative estimate of drug-likeness (QED) is 0.873. The largest absolute Gasteiger partial charge is 0.317 e. The first-order valence-electron chi connectivity index (χ1n) is 6.41. The van der Waals surface area contributed by atoms with E-state index in [0.717, 1.165) is 37.2 Å². The van der Waals surface area contributed by atoms with Crippen LogP contribution in [0.15, 0.2) is 34.3 Å². The summed E-state index contributed by atoms with van der Waals surface area (Å²) in [5.74, 6) is 0.991. The van der Waals surface area contributed by atoms with Crippen LogP contribution in [0, 0.1) is 11.7 Å². The molecule has 0 aliphatic carbocycles. The van der Waals surface area contributed by atoms with Gasteiger partial charge in [-0.1, -0.05) is 19.6 Å². The number of aliphatic imine (C=N–C) groups is 2. The molecule has 0 saturated carbocycles. The molecule has 2 heterocycles. The number of halogens is 1. The standard InChI is InChI=1S/C14H16FN3.CH4/c15-12-3-1-2-11(8-12)14-17-9-13(18-14)10-4-6-16-7-5-10;/h1-3,8,10,16H,4-7,9H2;1H4. The van der Waals surface area contributed by atoms with Crippen molar-refractivity contribution in [2.45, 2.75) is 20.3 Å². The molecule has 0 radical (unpaired) electrons. The highest BCUT2D eigenvalue weighted by Crippen LogP contribution is 2.19. The summed E-state index contributed by atoms with van der Waals surface area (Å²) < 4.78 is 13.2. The lowest BCUT2D eigenvalue weighted by Gasteiger charge is -2.22. The van der Waals surface area contributed by atoms with Crippen molar-refractivity contribution in [1.82, 2.24) is 5.32 Å². The zero-order chi connectivity index (χ0) is 12.4. The molecule has 4 heteroatoms. The summed E-state index contributed by atoms with van der Waals surface area (Å²) >= 11 is 0. The average Bonchev–Trinajstić information content (AvgIpc) is 2.89. The molecule has 0 aromatic heterocycles. The van der Waals surface area contributed by atoms with Gasteiger partial charge in [-0.15, -0.1) is 0 Å². The van der Waals surface area contributed by atoms with E-state index >= 15 is 0 Å². The van der Waals surface area contributed by atoms with Gasteiger partial charge in [0.05, 0.1) is 6.54 Å². The number of nitrogens with zero attached hydrogens (tertiary/aromatic N) is 2. The van der Waals surface area contributed by atoms with Crippen LogP contribution >= 0.6 is 0 Å². The summed E-state index contributed by atoms with van der Waals surface area (Å²) in [7, 11) is 0. The predicted octanol–water partition coefficient (Wildman–Crippen LogP) is 2.66. The van der Waals surface area contributed by atoms with E-state index in [0.29, 0.717) is 18.3 Å². The molecule has 0 unspecified atom stereocenters. The Kier molecular flexibility index (Phi) is 4.43. The van der Waals surface area contributed by atoms with Gasteiger partial charge in [-0.05, 0) is 38.1 Å². The topological polar surface area (TPSA) is 36.8 Å². The van der Waals surface area contributed by atoms with E-state index in [1.807, 2.05) is 6.07 Å². The van der Waals surface area contributed by atoms with Crippen LogP contribution in [0.5, 0.6) is 0 Å². The number of benzene rings is 1. The van der Waals surface area contributed by atoms with Crippen molar-refractivity contribution >= 4 is 11.5 Å². The highest BCUT2D eigenvalue weighted by molar-refractivity contribution is 6.12. The maximum absolute atomic E-state index is 13.2. The summed E-state index contributed by atoms with van der Waals surface area (Å²) in [5, 5.41) is 3.35. The molecule has 19 heavy (non-hydrogen) atoms. The smallest absolute Gasteiger partial charge is 0.155 e. The Morgan fingerprint density at radius 1 is 1.21 bits per heavy atom. The van der Waals surface area contributed by atoms with Crippen molar-refractivity contribution < 1.29 is 4.39 Å². The van der Waals surface area contributed by atoms with Gasteiger partial charge in [0.1, 0.15) is 5.82 Å². The van der Waals surface area contributed by atoms with Gasteiger partial charge < -0.3 is 5.32 Å². The molecular formula is C15H20FN3. The van der Waals surface area contributed by atoms with E-state index in [9.17, 15) is 4.39 Å². The summed E-state index contributed by atoms with van der Waals surface area (Å²) in [5.41, 5.74) is 1.94. The minimum atomic E-state index is -0.235. The monoisotopic (exact) mass is 261 g/mol. The number of nitrogens with one attached hydrogen (secondary N) is 1. The van der Waals surface area contributed by atoms with Gasteiger partial charge in [0.25, 0.3) is 0 Å². The zero-order valence-electron chi connectivity index (χ0n) is 10.2. The second kappa shape index (κ2) is 6.06. The van der Waals surface area contributed by atoms with Crippen LogP contribution in [0.2, 0.25) is 0 Å². The highest BCUT2D eigenvalue weighted by atomic mass is 19.1. The molecule has 0 amide bonds. The predicted molar refractivity (Wildman–Crippen MR) is 77.6 cm³/mol. The number of piperidine rings is 1.